The van der Waals surface area contributed by atoms with Crippen LogP contribution in [-0.4, -0.2) is 11.7 Å². The maximum absolute atomic E-state index is 9.41. The van der Waals surface area contributed by atoms with E-state index in [9.17, 15) is 5.11 Å². The highest BCUT2D eigenvalue weighted by atomic mass is 16.6. The first-order valence-corrected chi connectivity index (χ1v) is 3.85. The fourth-order valence-corrected chi connectivity index (χ4v) is 1.14. The molecule has 1 aromatic rings. The van der Waals surface area contributed by atoms with Gasteiger partial charge in [-0.25, -0.2) is 5.90 Å². The summed E-state index contributed by atoms with van der Waals surface area (Å²) in [6, 6.07) is 7.18. The zero-order chi connectivity index (χ0) is 8.97. The molecular weight excluding hydrogens is 154 g/mol. The molecule has 0 heterocycles. The van der Waals surface area contributed by atoms with Gasteiger partial charge in [0.1, 0.15) is 5.75 Å². The van der Waals surface area contributed by atoms with Gasteiger partial charge in [0.05, 0.1) is 6.61 Å². The number of phenolic OH excluding ortho intramolecular Hbond substituents is 1. The lowest BCUT2D eigenvalue weighted by molar-refractivity contribution is 0.126. The van der Waals surface area contributed by atoms with E-state index in [0.29, 0.717) is 12.4 Å². The number of phenols is 1. The first kappa shape index (κ1) is 9.03. The highest BCUT2D eigenvalue weighted by molar-refractivity contribution is 5.34. The molecule has 1 unspecified atom stereocenters. The average Bonchev–Trinajstić information content (AvgIpc) is 2.05. The molecular formula is C9H13NO2. The fraction of sp³-hybridized carbons (Fsp3) is 0.333. The maximum Gasteiger partial charge on any atom is 0.119 e. The standard InChI is InChI=1S/C9H13NO2/c1-7(6-12-10)8-4-2-3-5-9(8)11/h2-5,7,11H,6,10H2,1H3. The van der Waals surface area contributed by atoms with Gasteiger partial charge in [-0.05, 0) is 11.6 Å². The summed E-state index contributed by atoms with van der Waals surface area (Å²) in [5, 5.41) is 9.41. The largest absolute Gasteiger partial charge is 0.508 e. The molecule has 12 heavy (non-hydrogen) atoms. The van der Waals surface area contributed by atoms with Crippen molar-refractivity contribution >= 4 is 0 Å². The lowest BCUT2D eigenvalue weighted by Gasteiger charge is -2.11. The summed E-state index contributed by atoms with van der Waals surface area (Å²) in [6.07, 6.45) is 0. The Morgan fingerprint density at radius 2 is 2.17 bits per heavy atom. The molecule has 1 aromatic carbocycles. The van der Waals surface area contributed by atoms with E-state index in [0.717, 1.165) is 5.56 Å². The molecule has 0 saturated carbocycles. The van der Waals surface area contributed by atoms with Crippen LogP contribution in [0, 0.1) is 0 Å². The molecule has 0 aliphatic carbocycles. The number of rotatable bonds is 3. The third-order valence-corrected chi connectivity index (χ3v) is 1.81. The maximum atomic E-state index is 9.41. The van der Waals surface area contributed by atoms with Crippen molar-refractivity contribution in [1.82, 2.24) is 0 Å². The number of para-hydroxylation sites is 1. The summed E-state index contributed by atoms with van der Waals surface area (Å²) in [5.74, 6) is 5.35. The smallest absolute Gasteiger partial charge is 0.119 e. The second-order valence-corrected chi connectivity index (χ2v) is 2.79. The molecule has 0 aliphatic heterocycles. The molecule has 0 amide bonds. The van der Waals surface area contributed by atoms with Crippen molar-refractivity contribution < 1.29 is 9.94 Å². The molecule has 3 heteroatoms. The SMILES string of the molecule is CC(CON)c1ccccc1O. The van der Waals surface area contributed by atoms with Crippen LogP contribution >= 0.6 is 0 Å². The van der Waals surface area contributed by atoms with Crippen molar-refractivity contribution in [2.45, 2.75) is 12.8 Å². The molecule has 0 radical (unpaired) electrons. The highest BCUT2D eigenvalue weighted by Gasteiger charge is 2.08. The first-order valence-electron chi connectivity index (χ1n) is 3.85. The molecule has 1 atom stereocenters. The monoisotopic (exact) mass is 167 g/mol. The molecule has 66 valence electrons. The van der Waals surface area contributed by atoms with Gasteiger partial charge in [0.15, 0.2) is 0 Å². The molecule has 0 spiro atoms. The minimum atomic E-state index is 0.121. The van der Waals surface area contributed by atoms with Gasteiger partial charge in [-0.15, -0.1) is 0 Å². The Morgan fingerprint density at radius 1 is 1.50 bits per heavy atom. The van der Waals surface area contributed by atoms with Crippen molar-refractivity contribution in [3.63, 3.8) is 0 Å². The number of nitrogens with two attached hydrogens (primary N) is 1. The van der Waals surface area contributed by atoms with E-state index in [1.807, 2.05) is 19.1 Å². The Hall–Kier alpha value is -1.06. The van der Waals surface area contributed by atoms with Crippen LogP contribution < -0.4 is 5.90 Å². The average molecular weight is 167 g/mol. The van der Waals surface area contributed by atoms with Crippen molar-refractivity contribution in [3.05, 3.63) is 29.8 Å². The summed E-state index contributed by atoms with van der Waals surface area (Å²) in [7, 11) is 0. The van der Waals surface area contributed by atoms with Crippen LogP contribution in [0.5, 0.6) is 5.75 Å². The van der Waals surface area contributed by atoms with Gasteiger partial charge in [-0.2, -0.15) is 0 Å². The first-order chi connectivity index (χ1) is 5.75. The molecule has 0 aliphatic rings. The summed E-state index contributed by atoms with van der Waals surface area (Å²) in [5.41, 5.74) is 0.864. The Labute approximate surface area is 71.7 Å². The molecule has 0 saturated heterocycles. The third-order valence-electron chi connectivity index (χ3n) is 1.81. The van der Waals surface area contributed by atoms with Crippen LogP contribution in [0.3, 0.4) is 0 Å². The minimum Gasteiger partial charge on any atom is -0.508 e. The minimum absolute atomic E-state index is 0.121. The summed E-state index contributed by atoms with van der Waals surface area (Å²) >= 11 is 0. The van der Waals surface area contributed by atoms with Gasteiger partial charge in [0.2, 0.25) is 0 Å². The molecule has 3 nitrogen and oxygen atoms in total. The van der Waals surface area contributed by atoms with E-state index in [1.165, 1.54) is 0 Å². The van der Waals surface area contributed by atoms with Crippen molar-refractivity contribution in [3.8, 4) is 5.75 Å². The lowest BCUT2D eigenvalue weighted by atomic mass is 10.0. The molecule has 0 bridgehead atoms. The molecule has 0 fully saturated rings. The normalized spacial score (nSPS) is 12.8. The van der Waals surface area contributed by atoms with Crippen LogP contribution in [0.2, 0.25) is 0 Å². The van der Waals surface area contributed by atoms with E-state index in [2.05, 4.69) is 4.84 Å². The Bertz CT molecular complexity index is 250. The van der Waals surface area contributed by atoms with Crippen molar-refractivity contribution in [2.24, 2.45) is 5.90 Å². The molecule has 3 N–H and O–H groups in total. The quantitative estimate of drug-likeness (QED) is 0.669. The van der Waals surface area contributed by atoms with Crippen LogP contribution in [0.25, 0.3) is 0 Å². The van der Waals surface area contributed by atoms with Gasteiger partial charge in [0.25, 0.3) is 0 Å². The number of hydrogen-bond donors (Lipinski definition) is 2. The summed E-state index contributed by atoms with van der Waals surface area (Å²) in [4.78, 5) is 4.50. The van der Waals surface area contributed by atoms with E-state index in [4.69, 9.17) is 5.90 Å². The Balaban J connectivity index is 2.79. The van der Waals surface area contributed by atoms with Crippen molar-refractivity contribution in [2.75, 3.05) is 6.61 Å². The topological polar surface area (TPSA) is 55.5 Å². The number of benzene rings is 1. The number of aromatic hydroxyl groups is 1. The Morgan fingerprint density at radius 3 is 2.75 bits per heavy atom. The van der Waals surface area contributed by atoms with Crippen LogP contribution in [0.1, 0.15) is 18.4 Å². The zero-order valence-corrected chi connectivity index (χ0v) is 7.03. The third kappa shape index (κ3) is 1.96. The van der Waals surface area contributed by atoms with Gasteiger partial charge in [-0.3, -0.25) is 0 Å². The van der Waals surface area contributed by atoms with Crippen LogP contribution in [-0.2, 0) is 4.84 Å². The van der Waals surface area contributed by atoms with E-state index in [-0.39, 0.29) is 5.92 Å². The second kappa shape index (κ2) is 4.09. The lowest BCUT2D eigenvalue weighted by Crippen LogP contribution is -2.08. The van der Waals surface area contributed by atoms with Gasteiger partial charge in [-0.1, -0.05) is 25.1 Å². The fourth-order valence-electron chi connectivity index (χ4n) is 1.14. The summed E-state index contributed by atoms with van der Waals surface area (Å²) in [6.45, 7) is 2.36. The second-order valence-electron chi connectivity index (χ2n) is 2.79. The van der Waals surface area contributed by atoms with Crippen molar-refractivity contribution in [1.29, 1.82) is 0 Å². The van der Waals surface area contributed by atoms with Crippen LogP contribution in [0.15, 0.2) is 24.3 Å². The zero-order valence-electron chi connectivity index (χ0n) is 7.03. The van der Waals surface area contributed by atoms with E-state index < -0.39 is 0 Å². The van der Waals surface area contributed by atoms with Gasteiger partial charge < -0.3 is 9.94 Å². The molecule has 1 rings (SSSR count). The van der Waals surface area contributed by atoms with E-state index in [1.54, 1.807) is 12.1 Å². The predicted molar refractivity (Wildman–Crippen MR) is 46.7 cm³/mol. The molecule has 0 aromatic heterocycles. The number of hydrogen-bond acceptors (Lipinski definition) is 3. The van der Waals surface area contributed by atoms with Gasteiger partial charge in [0, 0.05) is 5.92 Å². The van der Waals surface area contributed by atoms with Gasteiger partial charge >= 0.3 is 0 Å². The Kier molecular flexibility index (Phi) is 3.08. The predicted octanol–water partition coefficient (Wildman–Crippen LogP) is 1.39. The van der Waals surface area contributed by atoms with Crippen LogP contribution in [0.4, 0.5) is 0 Å². The summed E-state index contributed by atoms with van der Waals surface area (Å²) < 4.78 is 0. The van der Waals surface area contributed by atoms with E-state index >= 15 is 0 Å². The highest BCUT2D eigenvalue weighted by Crippen LogP contribution is 2.24.